The van der Waals surface area contributed by atoms with Crippen molar-refractivity contribution in [2.45, 2.75) is 52.4 Å². The number of allylic oxidation sites excluding steroid dienone is 2. The Morgan fingerprint density at radius 1 is 1.29 bits per heavy atom. The minimum absolute atomic E-state index is 0.278. The van der Waals surface area contributed by atoms with E-state index < -0.39 is 12.2 Å². The summed E-state index contributed by atoms with van der Waals surface area (Å²) in [5, 5.41) is 2.40. The normalized spacial score (nSPS) is 29.6. The van der Waals surface area contributed by atoms with Gasteiger partial charge in [-0.15, -0.1) is 0 Å². The van der Waals surface area contributed by atoms with Crippen molar-refractivity contribution < 1.29 is 9.59 Å². The SMILES string of the molecule is CCC(C)N1C2=NC3C(C(=O)NC(=O)N3C)N2C(C)=C1C. The zero-order chi connectivity index (χ0) is 15.5. The second-order valence-corrected chi connectivity index (χ2v) is 5.86. The minimum Gasteiger partial charge on any atom is -0.312 e. The van der Waals surface area contributed by atoms with E-state index in [1.54, 1.807) is 7.05 Å². The molecule has 0 aromatic carbocycles. The number of nitrogens with zero attached hydrogens (tertiary/aromatic N) is 4. The lowest BCUT2D eigenvalue weighted by molar-refractivity contribution is -0.126. The van der Waals surface area contributed by atoms with Gasteiger partial charge in [0, 0.05) is 24.5 Å². The van der Waals surface area contributed by atoms with Crippen LogP contribution in [0, 0.1) is 0 Å². The Morgan fingerprint density at radius 2 is 1.95 bits per heavy atom. The summed E-state index contributed by atoms with van der Waals surface area (Å²) in [5.74, 6) is 0.506. The average Bonchev–Trinajstić information content (AvgIpc) is 2.93. The number of guanidine groups is 1. The molecule has 3 rings (SSSR count). The van der Waals surface area contributed by atoms with Crippen LogP contribution in [0.5, 0.6) is 0 Å². The maximum Gasteiger partial charge on any atom is 0.325 e. The second kappa shape index (κ2) is 4.47. The molecule has 0 saturated carbocycles. The van der Waals surface area contributed by atoms with Crippen molar-refractivity contribution in [2.24, 2.45) is 4.99 Å². The Bertz CT molecular complexity index is 582. The Morgan fingerprint density at radius 3 is 2.57 bits per heavy atom. The van der Waals surface area contributed by atoms with Gasteiger partial charge in [0.1, 0.15) is 0 Å². The van der Waals surface area contributed by atoms with Crippen LogP contribution in [0.15, 0.2) is 16.4 Å². The van der Waals surface area contributed by atoms with Crippen LogP contribution in [0.4, 0.5) is 4.79 Å². The van der Waals surface area contributed by atoms with E-state index in [0.717, 1.165) is 23.8 Å². The molecule has 0 bridgehead atoms. The number of nitrogens with one attached hydrogen (secondary N) is 1. The highest BCUT2D eigenvalue weighted by Gasteiger charge is 2.53. The topological polar surface area (TPSA) is 68.2 Å². The zero-order valence-electron chi connectivity index (χ0n) is 13.0. The van der Waals surface area contributed by atoms with E-state index in [2.05, 4.69) is 29.1 Å². The summed E-state index contributed by atoms with van der Waals surface area (Å²) in [6.07, 6.45) is 0.532. The van der Waals surface area contributed by atoms with Gasteiger partial charge in [-0.2, -0.15) is 0 Å². The van der Waals surface area contributed by atoms with E-state index in [4.69, 9.17) is 0 Å². The molecule has 1 saturated heterocycles. The van der Waals surface area contributed by atoms with Crippen LogP contribution in [-0.4, -0.2) is 57.9 Å². The monoisotopic (exact) mass is 291 g/mol. The van der Waals surface area contributed by atoms with E-state index >= 15 is 0 Å². The molecule has 0 spiro atoms. The van der Waals surface area contributed by atoms with Gasteiger partial charge in [0.2, 0.25) is 5.96 Å². The molecule has 7 heteroatoms. The number of urea groups is 1. The lowest BCUT2D eigenvalue weighted by Crippen LogP contribution is -2.63. The second-order valence-electron chi connectivity index (χ2n) is 5.86. The summed E-state index contributed by atoms with van der Waals surface area (Å²) in [5.41, 5.74) is 2.15. The molecule has 3 aliphatic rings. The Hall–Kier alpha value is -2.05. The van der Waals surface area contributed by atoms with Crippen molar-refractivity contribution in [3.63, 3.8) is 0 Å². The highest BCUT2D eigenvalue weighted by atomic mass is 16.2. The first-order chi connectivity index (χ1) is 9.88. The van der Waals surface area contributed by atoms with Crippen molar-refractivity contribution in [3.8, 4) is 0 Å². The predicted octanol–water partition coefficient (Wildman–Crippen LogP) is 0.900. The zero-order valence-corrected chi connectivity index (χ0v) is 13.0. The molecule has 114 valence electrons. The molecule has 1 fully saturated rings. The third-order valence-electron chi connectivity index (χ3n) is 4.73. The van der Waals surface area contributed by atoms with Crippen LogP contribution in [-0.2, 0) is 4.79 Å². The molecule has 21 heavy (non-hydrogen) atoms. The Labute approximate surface area is 124 Å². The van der Waals surface area contributed by atoms with Gasteiger partial charge in [0.15, 0.2) is 12.2 Å². The Balaban J connectivity index is 2.05. The van der Waals surface area contributed by atoms with E-state index in [1.807, 2.05) is 18.7 Å². The molecule has 0 aromatic rings. The third-order valence-corrected chi connectivity index (χ3v) is 4.73. The number of aliphatic imine (C=N–C) groups is 1. The molecular formula is C14H21N5O2. The van der Waals surface area contributed by atoms with Crippen LogP contribution in [0.1, 0.15) is 34.1 Å². The lowest BCUT2D eigenvalue weighted by atomic mass is 10.1. The van der Waals surface area contributed by atoms with Crippen molar-refractivity contribution in [1.82, 2.24) is 20.0 Å². The number of fused-ring (bicyclic) bond motifs is 3. The summed E-state index contributed by atoms with van der Waals surface area (Å²) in [6.45, 7) is 8.31. The minimum atomic E-state index is -0.466. The largest absolute Gasteiger partial charge is 0.325 e. The van der Waals surface area contributed by atoms with Crippen molar-refractivity contribution in [3.05, 3.63) is 11.4 Å². The summed E-state index contributed by atoms with van der Waals surface area (Å²) in [4.78, 5) is 34.3. The number of carbonyl (C=O) groups is 2. The number of hydrogen-bond acceptors (Lipinski definition) is 5. The van der Waals surface area contributed by atoms with E-state index in [0.29, 0.717) is 6.04 Å². The number of amides is 3. The van der Waals surface area contributed by atoms with Crippen molar-refractivity contribution >= 4 is 17.9 Å². The summed E-state index contributed by atoms with van der Waals surface area (Å²) in [6, 6.07) is -0.556. The molecule has 3 unspecified atom stereocenters. The van der Waals surface area contributed by atoms with Gasteiger partial charge >= 0.3 is 6.03 Å². The molecule has 3 amide bonds. The van der Waals surface area contributed by atoms with Crippen molar-refractivity contribution in [2.75, 3.05) is 7.05 Å². The van der Waals surface area contributed by atoms with E-state index in [-0.39, 0.29) is 11.9 Å². The van der Waals surface area contributed by atoms with Gasteiger partial charge in [0.25, 0.3) is 5.91 Å². The first-order valence-electron chi connectivity index (χ1n) is 7.29. The maximum atomic E-state index is 12.3. The first-order valence-corrected chi connectivity index (χ1v) is 7.29. The fourth-order valence-electron chi connectivity index (χ4n) is 3.19. The number of hydrogen-bond donors (Lipinski definition) is 1. The molecule has 1 N–H and O–H groups in total. The van der Waals surface area contributed by atoms with Crippen LogP contribution in [0.3, 0.4) is 0 Å². The molecule has 0 radical (unpaired) electrons. The fraction of sp³-hybridized carbons (Fsp3) is 0.643. The van der Waals surface area contributed by atoms with Crippen molar-refractivity contribution in [1.29, 1.82) is 0 Å². The third kappa shape index (κ3) is 1.69. The summed E-state index contributed by atoms with van der Waals surface area (Å²) >= 11 is 0. The molecule has 7 nitrogen and oxygen atoms in total. The summed E-state index contributed by atoms with van der Waals surface area (Å²) in [7, 11) is 1.67. The van der Waals surface area contributed by atoms with Gasteiger partial charge < -0.3 is 9.80 Å². The highest BCUT2D eigenvalue weighted by Crippen LogP contribution is 2.37. The molecular weight excluding hydrogens is 270 g/mol. The van der Waals surface area contributed by atoms with E-state index in [9.17, 15) is 9.59 Å². The van der Waals surface area contributed by atoms with Crippen LogP contribution < -0.4 is 5.32 Å². The number of carbonyl (C=O) groups excluding carboxylic acids is 2. The molecule has 3 heterocycles. The summed E-state index contributed by atoms with van der Waals surface area (Å²) < 4.78 is 0. The number of likely N-dealkylation sites (N-methyl/N-ethyl adjacent to an activating group) is 1. The van der Waals surface area contributed by atoms with E-state index in [1.165, 1.54) is 4.90 Å². The molecule has 0 aromatic heterocycles. The molecule has 0 aliphatic carbocycles. The fourth-order valence-corrected chi connectivity index (χ4v) is 3.19. The standard InChI is InChI=1S/C14H21N5O2/c1-6-7(2)18-8(3)9(4)19-10-11(15-13(18)19)17(5)14(21)16-12(10)20/h7,10-11H,6H2,1-5H3,(H,16,20,21). The molecule has 3 atom stereocenters. The quantitative estimate of drug-likeness (QED) is 0.821. The maximum absolute atomic E-state index is 12.3. The number of rotatable bonds is 2. The lowest BCUT2D eigenvalue weighted by Gasteiger charge is -2.35. The average molecular weight is 291 g/mol. The first kappa shape index (κ1) is 13.9. The van der Waals surface area contributed by atoms with Crippen LogP contribution >= 0.6 is 0 Å². The molecule has 3 aliphatic heterocycles. The van der Waals surface area contributed by atoms with Gasteiger partial charge in [0.05, 0.1) is 0 Å². The highest BCUT2D eigenvalue weighted by molar-refractivity contribution is 6.05. The van der Waals surface area contributed by atoms with Crippen LogP contribution in [0.2, 0.25) is 0 Å². The smallest absolute Gasteiger partial charge is 0.312 e. The van der Waals surface area contributed by atoms with Crippen LogP contribution in [0.25, 0.3) is 0 Å². The van der Waals surface area contributed by atoms with Gasteiger partial charge in [-0.05, 0) is 27.2 Å². The number of imide groups is 1. The van der Waals surface area contributed by atoms with Gasteiger partial charge in [-0.3, -0.25) is 15.0 Å². The predicted molar refractivity (Wildman–Crippen MR) is 78.1 cm³/mol. The van der Waals surface area contributed by atoms with Gasteiger partial charge in [-0.25, -0.2) is 9.79 Å². The van der Waals surface area contributed by atoms with Gasteiger partial charge in [-0.1, -0.05) is 6.92 Å². The Kier molecular flexibility index (Phi) is 2.96.